The lowest BCUT2D eigenvalue weighted by Gasteiger charge is -2.35. The number of amides is 1. The first kappa shape index (κ1) is 19.2. The van der Waals surface area contributed by atoms with Crippen molar-refractivity contribution in [1.29, 1.82) is 0 Å². The molecule has 5 nitrogen and oxygen atoms in total. The van der Waals surface area contributed by atoms with E-state index in [9.17, 15) is 9.59 Å². The number of nitrogens with one attached hydrogen (secondary N) is 1. The van der Waals surface area contributed by atoms with Gasteiger partial charge < -0.3 is 9.64 Å². The Morgan fingerprint density at radius 2 is 1.96 bits per heavy atom. The van der Waals surface area contributed by atoms with Crippen molar-refractivity contribution in [3.05, 3.63) is 0 Å². The van der Waals surface area contributed by atoms with E-state index in [2.05, 4.69) is 17.1 Å². The SMILES string of the molecule is CCC[C@H](N[C@@H](C)C(=O)N1[C@H](C)C[C@@H]2CCCC[C@@H]21)C(=O)OCC. The summed E-state index contributed by atoms with van der Waals surface area (Å²) < 4.78 is 5.14. The van der Waals surface area contributed by atoms with Gasteiger partial charge in [-0.05, 0) is 52.4 Å². The molecule has 0 radical (unpaired) electrons. The number of carbonyl (C=O) groups excluding carboxylic acids is 2. The number of carbonyl (C=O) groups is 2. The highest BCUT2D eigenvalue weighted by molar-refractivity contribution is 5.84. The van der Waals surface area contributed by atoms with Gasteiger partial charge in [-0.15, -0.1) is 0 Å². The van der Waals surface area contributed by atoms with Crippen molar-refractivity contribution >= 4 is 11.9 Å². The van der Waals surface area contributed by atoms with E-state index in [4.69, 9.17) is 4.74 Å². The maximum absolute atomic E-state index is 13.0. The number of ether oxygens (including phenoxy) is 1. The van der Waals surface area contributed by atoms with Crippen molar-refractivity contribution in [2.24, 2.45) is 5.92 Å². The van der Waals surface area contributed by atoms with Gasteiger partial charge in [-0.3, -0.25) is 14.9 Å². The molecular weight excluding hydrogens is 304 g/mol. The molecule has 0 aromatic heterocycles. The van der Waals surface area contributed by atoms with Gasteiger partial charge in [0.25, 0.3) is 0 Å². The summed E-state index contributed by atoms with van der Waals surface area (Å²) in [6.07, 6.45) is 7.59. The van der Waals surface area contributed by atoms with Gasteiger partial charge in [-0.25, -0.2) is 0 Å². The van der Waals surface area contributed by atoms with Gasteiger partial charge in [0.1, 0.15) is 6.04 Å². The predicted octanol–water partition coefficient (Wildman–Crippen LogP) is 2.88. The van der Waals surface area contributed by atoms with Crippen LogP contribution in [0.15, 0.2) is 0 Å². The van der Waals surface area contributed by atoms with Crippen LogP contribution in [0.3, 0.4) is 0 Å². The lowest BCUT2D eigenvalue weighted by molar-refractivity contribution is -0.146. The Bertz CT molecular complexity index is 440. The summed E-state index contributed by atoms with van der Waals surface area (Å²) in [5.74, 6) is 0.563. The van der Waals surface area contributed by atoms with E-state index in [-0.39, 0.29) is 17.9 Å². The molecular formula is C19H34N2O3. The van der Waals surface area contributed by atoms with Crippen molar-refractivity contribution in [1.82, 2.24) is 10.2 Å². The smallest absolute Gasteiger partial charge is 0.323 e. The van der Waals surface area contributed by atoms with Gasteiger partial charge in [0.2, 0.25) is 5.91 Å². The quantitative estimate of drug-likeness (QED) is 0.725. The molecule has 0 aromatic rings. The number of likely N-dealkylation sites (tertiary alicyclic amines) is 1. The lowest BCUT2D eigenvalue weighted by atomic mass is 9.85. The average molecular weight is 338 g/mol. The Morgan fingerprint density at radius 1 is 1.25 bits per heavy atom. The van der Waals surface area contributed by atoms with Gasteiger partial charge >= 0.3 is 5.97 Å². The third-order valence-corrected chi connectivity index (χ3v) is 5.57. The minimum atomic E-state index is -0.394. The van der Waals surface area contributed by atoms with Crippen molar-refractivity contribution in [2.45, 2.75) is 96.8 Å². The molecule has 1 saturated carbocycles. The van der Waals surface area contributed by atoms with Crippen molar-refractivity contribution < 1.29 is 14.3 Å². The van der Waals surface area contributed by atoms with Gasteiger partial charge in [0, 0.05) is 12.1 Å². The highest BCUT2D eigenvalue weighted by Gasteiger charge is 2.43. The van der Waals surface area contributed by atoms with Crippen molar-refractivity contribution in [2.75, 3.05) is 6.61 Å². The van der Waals surface area contributed by atoms with Gasteiger partial charge in [-0.1, -0.05) is 26.2 Å². The van der Waals surface area contributed by atoms with Crippen molar-refractivity contribution in [3.8, 4) is 0 Å². The fourth-order valence-corrected chi connectivity index (χ4v) is 4.49. The van der Waals surface area contributed by atoms with E-state index in [0.29, 0.717) is 31.0 Å². The lowest BCUT2D eigenvalue weighted by Crippen LogP contribution is -2.54. The van der Waals surface area contributed by atoms with Crippen LogP contribution in [-0.4, -0.2) is 47.6 Å². The summed E-state index contributed by atoms with van der Waals surface area (Å²) in [7, 11) is 0. The molecule has 5 atom stereocenters. The van der Waals surface area contributed by atoms with Gasteiger partial charge in [0.05, 0.1) is 12.6 Å². The van der Waals surface area contributed by atoms with E-state index in [1.54, 1.807) is 0 Å². The van der Waals surface area contributed by atoms with Crippen LogP contribution in [0.2, 0.25) is 0 Å². The second-order valence-corrected chi connectivity index (χ2v) is 7.42. The molecule has 1 amide bonds. The number of esters is 1. The van der Waals surface area contributed by atoms with Crippen LogP contribution in [0.5, 0.6) is 0 Å². The highest BCUT2D eigenvalue weighted by atomic mass is 16.5. The zero-order chi connectivity index (χ0) is 17.7. The first-order valence-corrected chi connectivity index (χ1v) is 9.74. The fraction of sp³-hybridized carbons (Fsp3) is 0.895. The molecule has 2 fully saturated rings. The van der Waals surface area contributed by atoms with Gasteiger partial charge in [0.15, 0.2) is 0 Å². The summed E-state index contributed by atoms with van der Waals surface area (Å²) in [4.78, 5) is 27.2. The summed E-state index contributed by atoms with van der Waals surface area (Å²) >= 11 is 0. The molecule has 0 unspecified atom stereocenters. The summed E-state index contributed by atoms with van der Waals surface area (Å²) in [6, 6.07) is -0.0390. The second-order valence-electron chi connectivity index (χ2n) is 7.42. The largest absolute Gasteiger partial charge is 0.465 e. The van der Waals surface area contributed by atoms with Crippen LogP contribution in [-0.2, 0) is 14.3 Å². The minimum absolute atomic E-state index is 0.141. The maximum atomic E-state index is 13.0. The Labute approximate surface area is 146 Å². The minimum Gasteiger partial charge on any atom is -0.465 e. The number of nitrogens with zero attached hydrogens (tertiary/aromatic N) is 1. The van der Waals surface area contributed by atoms with Crippen LogP contribution in [0, 0.1) is 5.92 Å². The molecule has 1 aliphatic carbocycles. The van der Waals surface area contributed by atoms with Crippen LogP contribution in [0.1, 0.15) is 72.6 Å². The molecule has 0 aromatic carbocycles. The third kappa shape index (κ3) is 4.29. The van der Waals surface area contributed by atoms with Crippen LogP contribution in [0.25, 0.3) is 0 Å². The number of fused-ring (bicyclic) bond motifs is 1. The molecule has 138 valence electrons. The molecule has 1 heterocycles. The molecule has 2 aliphatic rings. The van der Waals surface area contributed by atoms with E-state index in [0.717, 1.165) is 19.3 Å². The Morgan fingerprint density at radius 3 is 2.62 bits per heavy atom. The zero-order valence-electron chi connectivity index (χ0n) is 15.7. The van der Waals surface area contributed by atoms with Gasteiger partial charge in [-0.2, -0.15) is 0 Å². The van der Waals surface area contributed by atoms with E-state index in [1.807, 2.05) is 20.8 Å². The fourth-order valence-electron chi connectivity index (χ4n) is 4.49. The standard InChI is InChI=1S/C19H34N2O3/c1-5-9-16(19(23)24-6-2)20-14(4)18(22)21-13(3)12-15-10-7-8-11-17(15)21/h13-17,20H,5-12H2,1-4H3/t13-,14+,15+,16+,17+/m1/s1. The first-order valence-electron chi connectivity index (χ1n) is 9.74. The number of hydrogen-bond acceptors (Lipinski definition) is 4. The second kappa shape index (κ2) is 8.84. The average Bonchev–Trinajstić information content (AvgIpc) is 2.89. The Kier molecular flexibility index (Phi) is 7.08. The molecule has 24 heavy (non-hydrogen) atoms. The third-order valence-electron chi connectivity index (χ3n) is 5.57. The normalized spacial score (nSPS) is 29.0. The molecule has 5 heteroatoms. The Balaban J connectivity index is 2.00. The monoisotopic (exact) mass is 338 g/mol. The van der Waals surface area contributed by atoms with Crippen LogP contribution in [0.4, 0.5) is 0 Å². The van der Waals surface area contributed by atoms with E-state index < -0.39 is 6.04 Å². The molecule has 1 aliphatic heterocycles. The Hall–Kier alpha value is -1.10. The molecule has 1 saturated heterocycles. The number of rotatable bonds is 7. The summed E-state index contributed by atoms with van der Waals surface area (Å²) in [6.45, 7) is 8.26. The van der Waals surface area contributed by atoms with E-state index >= 15 is 0 Å². The predicted molar refractivity (Wildman–Crippen MR) is 94.6 cm³/mol. The molecule has 1 N–H and O–H groups in total. The molecule has 0 bridgehead atoms. The zero-order valence-corrected chi connectivity index (χ0v) is 15.7. The topological polar surface area (TPSA) is 58.6 Å². The summed E-state index contributed by atoms with van der Waals surface area (Å²) in [5.41, 5.74) is 0. The van der Waals surface area contributed by atoms with Crippen LogP contribution < -0.4 is 5.32 Å². The van der Waals surface area contributed by atoms with Crippen LogP contribution >= 0.6 is 0 Å². The van der Waals surface area contributed by atoms with Crippen molar-refractivity contribution in [3.63, 3.8) is 0 Å². The molecule has 2 rings (SSSR count). The number of hydrogen-bond donors (Lipinski definition) is 1. The van der Waals surface area contributed by atoms with E-state index in [1.165, 1.54) is 19.3 Å². The molecule has 0 spiro atoms. The summed E-state index contributed by atoms with van der Waals surface area (Å²) in [5, 5.41) is 3.23. The first-order chi connectivity index (χ1) is 11.5. The highest BCUT2D eigenvalue weighted by Crippen LogP contribution is 2.39. The maximum Gasteiger partial charge on any atom is 0.323 e.